The number of aromatic nitrogens is 3. The van der Waals surface area contributed by atoms with E-state index in [9.17, 15) is 4.79 Å². The summed E-state index contributed by atoms with van der Waals surface area (Å²) in [5.41, 5.74) is 3.87. The number of aryl methyl sites for hydroxylation is 1. The summed E-state index contributed by atoms with van der Waals surface area (Å²) < 4.78 is 11.7. The number of hydrogen-bond donors (Lipinski definition) is 0. The molecule has 0 saturated heterocycles. The van der Waals surface area contributed by atoms with Gasteiger partial charge in [-0.2, -0.15) is 4.98 Å². The van der Waals surface area contributed by atoms with Crippen molar-refractivity contribution in [1.29, 1.82) is 0 Å². The highest BCUT2D eigenvalue weighted by atomic mass is 32.2. The van der Waals surface area contributed by atoms with Crippen LogP contribution in [-0.4, -0.2) is 34.0 Å². The Hall–Kier alpha value is -3.13. The fraction of sp³-hybridized carbons (Fsp3) is 0.333. The van der Waals surface area contributed by atoms with Crippen LogP contribution in [0.4, 0.5) is 5.69 Å². The Morgan fingerprint density at radius 3 is 2.66 bits per heavy atom. The molecular weight excluding hydrogens is 424 g/mol. The van der Waals surface area contributed by atoms with Gasteiger partial charge in [0.05, 0.1) is 12.8 Å². The van der Waals surface area contributed by atoms with Crippen molar-refractivity contribution in [2.75, 3.05) is 17.8 Å². The number of thioether (sulfide) groups is 1. The maximum Gasteiger partial charge on any atom is 0.247 e. The number of carbonyl (C=O) groups excluding carboxylic acids is 1. The molecule has 1 aliphatic heterocycles. The van der Waals surface area contributed by atoms with E-state index >= 15 is 0 Å². The molecule has 2 aromatic carbocycles. The van der Waals surface area contributed by atoms with Gasteiger partial charge in [-0.1, -0.05) is 36.7 Å². The van der Waals surface area contributed by atoms with Crippen LogP contribution < -0.4 is 14.4 Å². The van der Waals surface area contributed by atoms with Crippen molar-refractivity contribution in [3.05, 3.63) is 53.6 Å². The Morgan fingerprint density at radius 1 is 1.19 bits per heavy atom. The number of hydrogen-bond acceptors (Lipinski definition) is 7. The summed E-state index contributed by atoms with van der Waals surface area (Å²) in [5.74, 6) is 1.87. The second-order valence-corrected chi connectivity index (χ2v) is 8.67. The van der Waals surface area contributed by atoms with Gasteiger partial charge in [0.25, 0.3) is 0 Å². The summed E-state index contributed by atoms with van der Waals surface area (Å²) >= 11 is 1.56. The number of rotatable bonds is 6. The van der Waals surface area contributed by atoms with Crippen LogP contribution in [0.25, 0.3) is 11.3 Å². The molecule has 0 bridgehead atoms. The van der Waals surface area contributed by atoms with E-state index in [-0.39, 0.29) is 5.91 Å². The Bertz CT molecular complexity index is 1120. The lowest BCUT2D eigenvalue weighted by molar-refractivity contribution is -0.118. The predicted molar refractivity (Wildman–Crippen MR) is 125 cm³/mol. The number of fused-ring (bicyclic) bond motifs is 3. The standard InChI is InChI=1S/C24H26N4O3S/c1-5-6-13-32-24-25-22-21(26-27-24)19-14-15(2)7-12-20(19)28(16(3)29)23(31-22)17-8-10-18(30-4)11-9-17/h7-12,14,23H,5-6,13H2,1-4H3/t23-/m1/s1. The van der Waals surface area contributed by atoms with Crippen LogP contribution in [-0.2, 0) is 4.79 Å². The number of unbranched alkanes of at least 4 members (excludes halogenated alkanes) is 1. The molecule has 0 saturated carbocycles. The van der Waals surface area contributed by atoms with Crippen molar-refractivity contribution in [2.45, 2.75) is 45.0 Å². The van der Waals surface area contributed by atoms with Crippen molar-refractivity contribution in [3.63, 3.8) is 0 Å². The third kappa shape index (κ3) is 4.41. The van der Waals surface area contributed by atoms with Crippen LogP contribution in [0.2, 0.25) is 0 Å². The first-order valence-corrected chi connectivity index (χ1v) is 11.6. The minimum atomic E-state index is -0.702. The highest BCUT2D eigenvalue weighted by Crippen LogP contribution is 2.44. The topological polar surface area (TPSA) is 77.4 Å². The Kier molecular flexibility index (Phi) is 6.60. The molecule has 166 valence electrons. The molecule has 1 amide bonds. The van der Waals surface area contributed by atoms with Crippen molar-refractivity contribution in [3.8, 4) is 22.9 Å². The van der Waals surface area contributed by atoms with Crippen molar-refractivity contribution in [1.82, 2.24) is 15.2 Å². The van der Waals surface area contributed by atoms with Gasteiger partial charge in [-0.25, -0.2) is 0 Å². The van der Waals surface area contributed by atoms with Gasteiger partial charge in [0.15, 0.2) is 5.69 Å². The zero-order chi connectivity index (χ0) is 22.7. The van der Waals surface area contributed by atoms with Crippen molar-refractivity contribution < 1.29 is 14.3 Å². The number of ether oxygens (including phenoxy) is 2. The largest absolute Gasteiger partial charge is 0.497 e. The highest BCUT2D eigenvalue weighted by Gasteiger charge is 2.34. The lowest BCUT2D eigenvalue weighted by Gasteiger charge is -2.30. The number of nitrogens with zero attached hydrogens (tertiary/aromatic N) is 4. The molecule has 4 rings (SSSR count). The lowest BCUT2D eigenvalue weighted by Crippen LogP contribution is -2.36. The molecule has 0 spiro atoms. The molecule has 3 aromatic rings. The number of methoxy groups -OCH3 is 1. The van der Waals surface area contributed by atoms with E-state index in [4.69, 9.17) is 9.47 Å². The fourth-order valence-corrected chi connectivity index (χ4v) is 4.43. The minimum Gasteiger partial charge on any atom is -0.497 e. The second kappa shape index (κ2) is 9.56. The van der Waals surface area contributed by atoms with Gasteiger partial charge in [-0.05, 0) is 49.7 Å². The molecular formula is C24H26N4O3S. The third-order valence-corrected chi connectivity index (χ3v) is 6.15. The molecule has 7 nitrogen and oxygen atoms in total. The van der Waals surface area contributed by atoms with Crippen LogP contribution in [0.1, 0.15) is 44.0 Å². The smallest absolute Gasteiger partial charge is 0.247 e. The van der Waals surface area contributed by atoms with Gasteiger partial charge in [0.1, 0.15) is 5.75 Å². The van der Waals surface area contributed by atoms with E-state index in [1.807, 2.05) is 49.4 Å². The third-order valence-electron chi connectivity index (χ3n) is 5.23. The Labute approximate surface area is 192 Å². The number of anilines is 1. The van der Waals surface area contributed by atoms with E-state index in [0.29, 0.717) is 22.4 Å². The molecule has 1 aliphatic rings. The van der Waals surface area contributed by atoms with E-state index < -0.39 is 6.23 Å². The molecule has 32 heavy (non-hydrogen) atoms. The van der Waals surface area contributed by atoms with Crippen LogP contribution in [0.3, 0.4) is 0 Å². The lowest BCUT2D eigenvalue weighted by atomic mass is 10.0. The minimum absolute atomic E-state index is 0.144. The number of amides is 1. The SMILES string of the molecule is CCCCSc1nnc2c(n1)O[C@H](c1ccc(OC)cc1)N(C(C)=O)c1ccc(C)cc1-2. The monoisotopic (exact) mass is 450 g/mol. The molecule has 0 radical (unpaired) electrons. The van der Waals surface area contributed by atoms with Crippen LogP contribution in [0.5, 0.6) is 11.6 Å². The predicted octanol–water partition coefficient (Wildman–Crippen LogP) is 5.19. The van der Waals surface area contributed by atoms with E-state index in [1.165, 1.54) is 6.92 Å². The summed E-state index contributed by atoms with van der Waals surface area (Å²) in [5, 5.41) is 9.37. The summed E-state index contributed by atoms with van der Waals surface area (Å²) in [7, 11) is 1.62. The summed E-state index contributed by atoms with van der Waals surface area (Å²) in [6.07, 6.45) is 1.47. The second-order valence-electron chi connectivity index (χ2n) is 7.60. The zero-order valence-corrected chi connectivity index (χ0v) is 19.5. The van der Waals surface area contributed by atoms with Gasteiger partial charge in [-0.3, -0.25) is 9.69 Å². The zero-order valence-electron chi connectivity index (χ0n) is 18.7. The first-order chi connectivity index (χ1) is 15.5. The summed E-state index contributed by atoms with van der Waals surface area (Å²) in [6, 6.07) is 13.4. The first-order valence-electron chi connectivity index (χ1n) is 10.6. The molecule has 1 aromatic heterocycles. The van der Waals surface area contributed by atoms with Gasteiger partial charge in [0.2, 0.25) is 23.2 Å². The van der Waals surface area contributed by atoms with Crippen molar-refractivity contribution >= 4 is 23.4 Å². The van der Waals surface area contributed by atoms with E-state index in [0.717, 1.165) is 41.0 Å². The maximum absolute atomic E-state index is 12.9. The summed E-state index contributed by atoms with van der Waals surface area (Å²) in [4.78, 5) is 19.2. The van der Waals surface area contributed by atoms with Crippen LogP contribution in [0.15, 0.2) is 47.6 Å². The average molecular weight is 451 g/mol. The molecule has 0 aliphatic carbocycles. The highest BCUT2D eigenvalue weighted by molar-refractivity contribution is 7.99. The van der Waals surface area contributed by atoms with E-state index in [1.54, 1.807) is 23.8 Å². The molecule has 1 atom stereocenters. The quantitative estimate of drug-likeness (QED) is 0.378. The Morgan fingerprint density at radius 2 is 1.97 bits per heavy atom. The molecule has 2 heterocycles. The Balaban J connectivity index is 1.86. The van der Waals surface area contributed by atoms with Gasteiger partial charge in [-0.15, -0.1) is 10.2 Å². The maximum atomic E-state index is 12.9. The van der Waals surface area contributed by atoms with Crippen molar-refractivity contribution in [2.24, 2.45) is 0 Å². The summed E-state index contributed by atoms with van der Waals surface area (Å²) in [6.45, 7) is 5.68. The van der Waals surface area contributed by atoms with Crippen LogP contribution >= 0.6 is 11.8 Å². The van der Waals surface area contributed by atoms with Gasteiger partial charge in [0, 0.05) is 23.8 Å². The number of benzene rings is 2. The first kappa shape index (κ1) is 22.1. The van der Waals surface area contributed by atoms with E-state index in [2.05, 4.69) is 22.1 Å². The van der Waals surface area contributed by atoms with Gasteiger partial charge >= 0.3 is 0 Å². The average Bonchev–Trinajstić information content (AvgIpc) is 2.93. The normalized spacial score (nSPS) is 14.8. The molecule has 0 unspecified atom stereocenters. The fourth-order valence-electron chi connectivity index (χ4n) is 3.57. The van der Waals surface area contributed by atoms with Gasteiger partial charge < -0.3 is 9.47 Å². The molecule has 0 N–H and O–H groups in total. The number of carbonyl (C=O) groups is 1. The molecule has 8 heteroatoms. The molecule has 0 fully saturated rings. The van der Waals surface area contributed by atoms with Crippen LogP contribution in [0, 0.1) is 6.92 Å².